The predicted molar refractivity (Wildman–Crippen MR) is 126 cm³/mol. The number of aliphatic imine (C=N–C) groups is 1. The molecule has 4 rings (SSSR count). The van der Waals surface area contributed by atoms with Crippen LogP contribution in [-0.4, -0.2) is 53.6 Å². The second-order valence-electron chi connectivity index (χ2n) is 10.9. The van der Waals surface area contributed by atoms with Crippen molar-refractivity contribution >= 4 is 17.8 Å². The Bertz CT molecular complexity index is 1010. The first-order valence-electron chi connectivity index (χ1n) is 11.9. The summed E-state index contributed by atoms with van der Waals surface area (Å²) in [5.74, 6) is -0.0885. The third kappa shape index (κ3) is 5.04. The minimum absolute atomic E-state index is 0.0473. The average Bonchev–Trinajstić information content (AvgIpc) is 3.50. The summed E-state index contributed by atoms with van der Waals surface area (Å²) < 4.78 is 25.2. The number of amides is 2. The lowest BCUT2D eigenvalue weighted by Gasteiger charge is -2.38. The Morgan fingerprint density at radius 3 is 2.79 bits per heavy atom. The van der Waals surface area contributed by atoms with Gasteiger partial charge in [0.25, 0.3) is 0 Å². The smallest absolute Gasteiger partial charge is 0.231 e. The standard InChI is InChI=1S/C25H35FN4O4/c1-24(2)13-21(31)30(23(27)29-24)19(8-9-33-5)15-11-16(15)22(32)28-18-12-25(3,4)34-20-7-6-14(26)10-17(18)20/h6-7,10,15-16,18-19H,8-9,11-13H2,1-5H3,(H2,27,29)(H,28,32)/t15-,16-,18-,19+/m0/s1. The Labute approximate surface area is 200 Å². The number of guanidine groups is 1. The molecule has 0 radical (unpaired) electrons. The monoisotopic (exact) mass is 474 g/mol. The normalized spacial score (nSPS) is 27.8. The quantitative estimate of drug-likeness (QED) is 0.632. The number of fused-ring (bicyclic) bond motifs is 1. The van der Waals surface area contributed by atoms with Crippen LogP contribution in [0.4, 0.5) is 4.39 Å². The number of methoxy groups -OCH3 is 1. The predicted octanol–water partition coefficient (Wildman–Crippen LogP) is 2.91. The fraction of sp³-hybridized carbons (Fsp3) is 0.640. The van der Waals surface area contributed by atoms with Crippen LogP contribution in [0, 0.1) is 17.7 Å². The number of carbonyl (C=O) groups excluding carboxylic acids is 2. The maximum Gasteiger partial charge on any atom is 0.231 e. The molecule has 1 aliphatic carbocycles. The van der Waals surface area contributed by atoms with Crippen molar-refractivity contribution in [2.75, 3.05) is 13.7 Å². The van der Waals surface area contributed by atoms with Crippen LogP contribution in [0.1, 0.15) is 65.0 Å². The van der Waals surface area contributed by atoms with E-state index >= 15 is 0 Å². The van der Waals surface area contributed by atoms with Gasteiger partial charge >= 0.3 is 0 Å². The molecule has 2 aliphatic heterocycles. The number of rotatable bonds is 7. The highest BCUT2D eigenvalue weighted by Gasteiger charge is 2.52. The highest BCUT2D eigenvalue weighted by molar-refractivity contribution is 5.99. The molecule has 2 amide bonds. The van der Waals surface area contributed by atoms with Gasteiger partial charge in [-0.05, 0) is 64.7 Å². The SMILES string of the molecule is COCC[C@H]([C@H]1C[C@@H]1C(=O)N[C@H]1CC(C)(C)Oc2ccc(F)cc21)N1C(=O)CC(C)(C)N=C1N. The van der Waals surface area contributed by atoms with Gasteiger partial charge < -0.3 is 20.5 Å². The van der Waals surface area contributed by atoms with Gasteiger partial charge in [-0.3, -0.25) is 14.5 Å². The Morgan fingerprint density at radius 2 is 2.12 bits per heavy atom. The van der Waals surface area contributed by atoms with Gasteiger partial charge in [0.05, 0.1) is 18.0 Å². The molecule has 4 atom stereocenters. The van der Waals surface area contributed by atoms with Crippen molar-refractivity contribution in [2.24, 2.45) is 22.6 Å². The van der Waals surface area contributed by atoms with Gasteiger partial charge in [0.15, 0.2) is 5.96 Å². The molecule has 1 aromatic carbocycles. The molecule has 0 aromatic heterocycles. The number of nitrogens with zero attached hydrogens (tertiary/aromatic N) is 2. The van der Waals surface area contributed by atoms with Gasteiger partial charge in [-0.15, -0.1) is 0 Å². The molecule has 0 bridgehead atoms. The van der Waals surface area contributed by atoms with Crippen LogP contribution in [-0.2, 0) is 14.3 Å². The first-order chi connectivity index (χ1) is 15.9. The summed E-state index contributed by atoms with van der Waals surface area (Å²) in [6.07, 6.45) is 1.99. The van der Waals surface area contributed by atoms with E-state index in [2.05, 4.69) is 10.3 Å². The highest BCUT2D eigenvalue weighted by atomic mass is 19.1. The number of nitrogens with one attached hydrogen (secondary N) is 1. The molecular formula is C25H35FN4O4. The van der Waals surface area contributed by atoms with Crippen molar-refractivity contribution in [3.8, 4) is 5.75 Å². The lowest BCUT2D eigenvalue weighted by molar-refractivity contribution is -0.132. The van der Waals surface area contributed by atoms with Gasteiger partial charge in [0.1, 0.15) is 17.2 Å². The third-order valence-electron chi connectivity index (χ3n) is 6.88. The summed E-state index contributed by atoms with van der Waals surface area (Å²) >= 11 is 0. The van der Waals surface area contributed by atoms with Crippen LogP contribution >= 0.6 is 0 Å². The Balaban J connectivity index is 1.51. The lowest BCUT2D eigenvalue weighted by atomic mass is 9.89. The molecule has 0 unspecified atom stereocenters. The molecule has 8 nitrogen and oxygen atoms in total. The molecule has 1 saturated carbocycles. The fourth-order valence-electron chi connectivity index (χ4n) is 5.29. The summed E-state index contributed by atoms with van der Waals surface area (Å²) in [6.45, 7) is 8.09. The third-order valence-corrected chi connectivity index (χ3v) is 6.88. The number of halogens is 1. The molecule has 34 heavy (non-hydrogen) atoms. The van der Waals surface area contributed by atoms with Gasteiger partial charge in [-0.25, -0.2) is 9.38 Å². The van der Waals surface area contributed by atoms with E-state index in [-0.39, 0.29) is 53.9 Å². The molecule has 3 N–H and O–H groups in total. The largest absolute Gasteiger partial charge is 0.487 e. The molecule has 0 saturated heterocycles. The fourth-order valence-corrected chi connectivity index (χ4v) is 5.29. The van der Waals surface area contributed by atoms with E-state index in [0.29, 0.717) is 37.2 Å². The maximum atomic E-state index is 13.9. The second kappa shape index (κ2) is 8.83. The van der Waals surface area contributed by atoms with E-state index in [0.717, 1.165) is 0 Å². The number of carbonyl (C=O) groups is 2. The Morgan fingerprint density at radius 1 is 1.38 bits per heavy atom. The number of nitrogens with two attached hydrogens (primary N) is 1. The zero-order valence-corrected chi connectivity index (χ0v) is 20.6. The molecule has 2 heterocycles. The van der Waals surface area contributed by atoms with E-state index in [1.165, 1.54) is 12.1 Å². The highest BCUT2D eigenvalue weighted by Crippen LogP contribution is 2.47. The molecule has 9 heteroatoms. The summed E-state index contributed by atoms with van der Waals surface area (Å²) in [5, 5.41) is 3.12. The van der Waals surface area contributed by atoms with Crippen LogP contribution in [0.5, 0.6) is 5.75 Å². The topological polar surface area (TPSA) is 106 Å². The van der Waals surface area contributed by atoms with E-state index in [1.807, 2.05) is 27.7 Å². The zero-order valence-electron chi connectivity index (χ0n) is 20.6. The van der Waals surface area contributed by atoms with Gasteiger partial charge in [0, 0.05) is 37.7 Å². The first-order valence-corrected chi connectivity index (χ1v) is 11.9. The van der Waals surface area contributed by atoms with Crippen molar-refractivity contribution in [1.82, 2.24) is 10.2 Å². The Kier molecular flexibility index (Phi) is 6.35. The molecule has 1 aromatic rings. The summed E-state index contributed by atoms with van der Waals surface area (Å²) in [6, 6.07) is 3.77. The zero-order chi connectivity index (χ0) is 24.8. The lowest BCUT2D eigenvalue weighted by Crippen LogP contribution is -2.55. The summed E-state index contributed by atoms with van der Waals surface area (Å²) in [4.78, 5) is 32.3. The van der Waals surface area contributed by atoms with Crippen molar-refractivity contribution in [3.63, 3.8) is 0 Å². The van der Waals surface area contributed by atoms with Crippen LogP contribution in [0.3, 0.4) is 0 Å². The van der Waals surface area contributed by atoms with E-state index in [9.17, 15) is 14.0 Å². The molecular weight excluding hydrogens is 439 g/mol. The van der Waals surface area contributed by atoms with Gasteiger partial charge in [-0.1, -0.05) is 0 Å². The molecule has 186 valence electrons. The van der Waals surface area contributed by atoms with E-state index in [4.69, 9.17) is 15.2 Å². The van der Waals surface area contributed by atoms with Crippen LogP contribution < -0.4 is 15.8 Å². The molecule has 0 spiro atoms. The van der Waals surface area contributed by atoms with E-state index < -0.39 is 11.1 Å². The van der Waals surface area contributed by atoms with Crippen molar-refractivity contribution < 1.29 is 23.5 Å². The molecule has 1 fully saturated rings. The Hall–Kier alpha value is -2.68. The number of ether oxygens (including phenoxy) is 2. The molecule has 3 aliphatic rings. The first kappa shape index (κ1) is 24.4. The summed E-state index contributed by atoms with van der Waals surface area (Å²) in [7, 11) is 1.61. The minimum atomic E-state index is -0.539. The summed E-state index contributed by atoms with van der Waals surface area (Å²) in [5.41, 5.74) is 5.82. The number of hydrogen-bond acceptors (Lipinski definition) is 6. The van der Waals surface area contributed by atoms with Crippen LogP contribution in [0.2, 0.25) is 0 Å². The van der Waals surface area contributed by atoms with Gasteiger partial charge in [-0.2, -0.15) is 0 Å². The second-order valence-corrected chi connectivity index (χ2v) is 10.9. The maximum absolute atomic E-state index is 13.9. The van der Waals surface area contributed by atoms with Crippen LogP contribution in [0.25, 0.3) is 0 Å². The van der Waals surface area contributed by atoms with Crippen molar-refractivity contribution in [3.05, 3.63) is 29.6 Å². The minimum Gasteiger partial charge on any atom is -0.487 e. The number of benzene rings is 1. The van der Waals surface area contributed by atoms with Crippen molar-refractivity contribution in [1.29, 1.82) is 0 Å². The number of hydrogen-bond donors (Lipinski definition) is 2. The van der Waals surface area contributed by atoms with Gasteiger partial charge in [0.2, 0.25) is 11.8 Å². The van der Waals surface area contributed by atoms with Crippen molar-refractivity contribution in [2.45, 2.75) is 76.6 Å². The van der Waals surface area contributed by atoms with E-state index in [1.54, 1.807) is 18.1 Å². The average molecular weight is 475 g/mol. The van der Waals surface area contributed by atoms with Crippen LogP contribution in [0.15, 0.2) is 23.2 Å².